The summed E-state index contributed by atoms with van der Waals surface area (Å²) in [7, 11) is -8.64. The van der Waals surface area contributed by atoms with Crippen LogP contribution in [-0.4, -0.2) is 30.1 Å². The van der Waals surface area contributed by atoms with Crippen LogP contribution < -0.4 is 5.32 Å². The Hall–Kier alpha value is -3.22. The highest BCUT2D eigenvalue weighted by atomic mass is 32.5. The van der Waals surface area contributed by atoms with E-state index < -0.39 is 33.0 Å². The molecule has 0 unspecified atom stereocenters. The van der Waals surface area contributed by atoms with Crippen molar-refractivity contribution < 1.29 is 38.9 Å². The third-order valence-electron chi connectivity index (χ3n) is 3.90. The molecule has 0 spiro atoms. The average molecular weight is 467 g/mol. The van der Waals surface area contributed by atoms with Crippen LogP contribution in [0.1, 0.15) is 12.5 Å². The lowest BCUT2D eigenvalue weighted by Gasteiger charge is -2.40. The van der Waals surface area contributed by atoms with Crippen LogP contribution in [0.2, 0.25) is 0 Å². The number of hydrogen-bond acceptors (Lipinski definition) is 6. The van der Waals surface area contributed by atoms with E-state index in [1.54, 1.807) is 0 Å². The minimum atomic E-state index is -9.79. The molecule has 0 aromatic heterocycles. The number of phenols is 1. The highest BCUT2D eigenvalue weighted by Crippen LogP contribution is 3.02. The van der Waals surface area contributed by atoms with Crippen molar-refractivity contribution >= 4 is 33.5 Å². The summed E-state index contributed by atoms with van der Waals surface area (Å²) in [4.78, 5) is 21.0. The first kappa shape index (κ1) is 24.1. The molecule has 31 heavy (non-hydrogen) atoms. The number of azo groups is 1. The Kier molecular flexibility index (Phi) is 6.05. The SMILES string of the molecule is COC(=O)[C@H](Cc1ccc(O)c(N=Nc2ccc(S(F)(F)(F)(F)F)cc2)c1)NC(C)=O. The number of aromatic hydroxyl groups is 1. The molecule has 0 saturated carbocycles. The summed E-state index contributed by atoms with van der Waals surface area (Å²) in [6.45, 7) is 1.22. The number of carbonyl (C=O) groups excluding carboxylic acids is 2. The maximum Gasteiger partial charge on any atom is 0.328 e. The minimum Gasteiger partial charge on any atom is -0.506 e. The molecule has 7 nitrogen and oxygen atoms in total. The van der Waals surface area contributed by atoms with Gasteiger partial charge in [-0.15, -0.1) is 5.11 Å². The molecule has 0 fully saturated rings. The van der Waals surface area contributed by atoms with Gasteiger partial charge in [0.15, 0.2) is 0 Å². The third kappa shape index (κ3) is 6.91. The van der Waals surface area contributed by atoms with E-state index >= 15 is 0 Å². The van der Waals surface area contributed by atoms with Gasteiger partial charge in [-0.2, -0.15) is 5.11 Å². The molecule has 2 rings (SSSR count). The summed E-state index contributed by atoms with van der Waals surface area (Å²) >= 11 is 0. The third-order valence-corrected chi connectivity index (χ3v) is 5.06. The lowest BCUT2D eigenvalue weighted by molar-refractivity contribution is -0.144. The van der Waals surface area contributed by atoms with Crippen molar-refractivity contribution in [2.24, 2.45) is 10.2 Å². The van der Waals surface area contributed by atoms with E-state index in [0.717, 1.165) is 7.11 Å². The number of ether oxygens (including phenoxy) is 1. The quantitative estimate of drug-likeness (QED) is 0.311. The number of benzene rings is 2. The lowest BCUT2D eigenvalue weighted by atomic mass is 10.0. The molecule has 0 radical (unpaired) electrons. The molecular weight excluding hydrogens is 449 g/mol. The molecule has 1 atom stereocenters. The number of hydrogen-bond donors (Lipinski definition) is 2. The van der Waals surface area contributed by atoms with Crippen molar-refractivity contribution in [1.82, 2.24) is 5.32 Å². The van der Waals surface area contributed by atoms with Crippen LogP contribution in [0.25, 0.3) is 0 Å². The Balaban J connectivity index is 2.25. The summed E-state index contributed by atoms with van der Waals surface area (Å²) in [5, 5.41) is 19.7. The standard InChI is InChI=1S/C18H18F5N3O4S/c1-11(27)24-16(18(29)30-2)10-12-3-8-17(28)15(9-12)26-25-13-4-6-14(7-5-13)31(19,20,21,22)23/h3-9,16,28H,10H2,1-2H3,(H,24,27)/t16-/m0/s1. The van der Waals surface area contributed by atoms with E-state index in [9.17, 15) is 34.1 Å². The van der Waals surface area contributed by atoms with Gasteiger partial charge >= 0.3 is 16.2 Å². The fourth-order valence-electron chi connectivity index (χ4n) is 2.47. The molecule has 2 aromatic carbocycles. The van der Waals surface area contributed by atoms with Crippen LogP contribution in [0.4, 0.5) is 30.8 Å². The number of esters is 1. The zero-order valence-corrected chi connectivity index (χ0v) is 17.0. The second kappa shape index (κ2) is 7.80. The first-order valence-electron chi connectivity index (χ1n) is 8.52. The number of phenolic OH excluding ortho intramolecular Hbond substituents is 1. The summed E-state index contributed by atoms with van der Waals surface area (Å²) in [6, 6.07) is 4.83. The van der Waals surface area contributed by atoms with Crippen molar-refractivity contribution in [3.63, 3.8) is 0 Å². The highest BCUT2D eigenvalue weighted by Gasteiger charge is 2.65. The van der Waals surface area contributed by atoms with Gasteiger partial charge in [0, 0.05) is 13.3 Å². The Morgan fingerprint density at radius 2 is 1.68 bits per heavy atom. The van der Waals surface area contributed by atoms with E-state index in [4.69, 9.17) is 0 Å². The highest BCUT2D eigenvalue weighted by molar-refractivity contribution is 8.45. The summed E-state index contributed by atoms with van der Waals surface area (Å²) < 4.78 is 68.4. The van der Waals surface area contributed by atoms with Crippen LogP contribution in [0, 0.1) is 0 Å². The number of methoxy groups -OCH3 is 1. The fraction of sp³-hybridized carbons (Fsp3) is 0.222. The first-order chi connectivity index (χ1) is 14.1. The van der Waals surface area contributed by atoms with E-state index in [0.29, 0.717) is 17.7 Å². The largest absolute Gasteiger partial charge is 0.506 e. The Morgan fingerprint density at radius 1 is 1.06 bits per heavy atom. The smallest absolute Gasteiger partial charge is 0.328 e. The van der Waals surface area contributed by atoms with Crippen LogP contribution in [0.15, 0.2) is 57.6 Å². The molecule has 0 bridgehead atoms. The summed E-state index contributed by atoms with van der Waals surface area (Å²) in [5.41, 5.74) is 0.189. The van der Waals surface area contributed by atoms with Crippen molar-refractivity contribution in [1.29, 1.82) is 0 Å². The van der Waals surface area contributed by atoms with E-state index in [1.807, 2.05) is 0 Å². The van der Waals surface area contributed by atoms with Gasteiger partial charge in [-0.05, 0) is 42.0 Å². The number of carbonyl (C=O) groups is 2. The predicted octanol–water partition coefficient (Wildman–Crippen LogP) is 5.69. The van der Waals surface area contributed by atoms with Crippen molar-refractivity contribution in [3.8, 4) is 5.75 Å². The molecule has 0 aliphatic rings. The van der Waals surface area contributed by atoms with Gasteiger partial charge in [-0.1, -0.05) is 25.5 Å². The van der Waals surface area contributed by atoms with Crippen LogP contribution in [-0.2, 0) is 20.7 Å². The van der Waals surface area contributed by atoms with Crippen LogP contribution in [0.5, 0.6) is 5.75 Å². The zero-order valence-electron chi connectivity index (χ0n) is 16.2. The van der Waals surface area contributed by atoms with Gasteiger partial charge in [0.2, 0.25) is 5.91 Å². The summed E-state index contributed by atoms with van der Waals surface area (Å²) in [6.07, 6.45) is -0.00629. The van der Waals surface area contributed by atoms with Gasteiger partial charge in [0.1, 0.15) is 22.4 Å². The Morgan fingerprint density at radius 3 is 2.19 bits per heavy atom. The molecule has 170 valence electrons. The number of nitrogens with zero attached hydrogens (tertiary/aromatic N) is 2. The van der Waals surface area contributed by atoms with Gasteiger partial charge in [0.05, 0.1) is 12.8 Å². The van der Waals surface area contributed by atoms with E-state index in [-0.39, 0.29) is 35.7 Å². The molecule has 2 aromatic rings. The second-order valence-electron chi connectivity index (χ2n) is 6.47. The molecule has 13 heteroatoms. The summed E-state index contributed by atoms with van der Waals surface area (Å²) in [5.74, 6) is -1.50. The molecule has 2 N–H and O–H groups in total. The second-order valence-corrected chi connectivity index (χ2v) is 8.88. The average Bonchev–Trinajstić information content (AvgIpc) is 2.65. The molecule has 0 heterocycles. The maximum absolute atomic E-state index is 12.7. The topological polar surface area (TPSA) is 100 Å². The van der Waals surface area contributed by atoms with Gasteiger partial charge < -0.3 is 15.2 Å². The molecular formula is C18H18F5N3O4S. The number of halogens is 5. The van der Waals surface area contributed by atoms with Gasteiger partial charge in [0.25, 0.3) is 0 Å². The Labute approximate surface area is 173 Å². The normalized spacial score (nSPS) is 15.1. The lowest BCUT2D eigenvalue weighted by Crippen LogP contribution is -2.41. The minimum absolute atomic E-state index is 0.00629. The molecule has 1 amide bonds. The predicted molar refractivity (Wildman–Crippen MR) is 103 cm³/mol. The van der Waals surface area contributed by atoms with Crippen LogP contribution >= 0.6 is 10.2 Å². The maximum atomic E-state index is 12.7. The zero-order chi connectivity index (χ0) is 23.5. The van der Waals surface area contributed by atoms with Gasteiger partial charge in [-0.3, -0.25) is 4.79 Å². The number of rotatable bonds is 7. The number of nitrogens with one attached hydrogen (secondary N) is 1. The van der Waals surface area contributed by atoms with E-state index in [1.165, 1.54) is 25.1 Å². The molecule has 0 saturated heterocycles. The number of amides is 1. The van der Waals surface area contributed by atoms with Gasteiger partial charge in [-0.25, -0.2) is 4.79 Å². The van der Waals surface area contributed by atoms with Crippen LogP contribution in [0.3, 0.4) is 0 Å². The van der Waals surface area contributed by atoms with Crippen molar-refractivity contribution in [2.45, 2.75) is 24.3 Å². The van der Waals surface area contributed by atoms with Crippen molar-refractivity contribution in [3.05, 3.63) is 48.0 Å². The molecule has 0 aliphatic heterocycles. The first-order valence-corrected chi connectivity index (χ1v) is 10.5. The monoisotopic (exact) mass is 467 g/mol. The van der Waals surface area contributed by atoms with Crippen molar-refractivity contribution in [2.75, 3.05) is 7.11 Å². The Bertz CT molecular complexity index is 1030. The molecule has 0 aliphatic carbocycles. The fourth-order valence-corrected chi connectivity index (χ4v) is 3.12. The van der Waals surface area contributed by atoms with E-state index in [2.05, 4.69) is 20.3 Å².